The van der Waals surface area contributed by atoms with Crippen LogP contribution in [0.5, 0.6) is 0 Å². The van der Waals surface area contributed by atoms with Gasteiger partial charge in [-0.25, -0.2) is 4.98 Å². The number of hydrogen-bond acceptors (Lipinski definition) is 3. The standard InChI is InChI=1S/C11H22N4/c1-6-8(4)9(12)11-13-10(7(2)3)14-15(11)5/h7-9H,6,12H2,1-5H3. The van der Waals surface area contributed by atoms with E-state index in [9.17, 15) is 0 Å². The van der Waals surface area contributed by atoms with Gasteiger partial charge >= 0.3 is 0 Å². The van der Waals surface area contributed by atoms with Crippen LogP contribution in [0.2, 0.25) is 0 Å². The van der Waals surface area contributed by atoms with Gasteiger partial charge in [0.2, 0.25) is 0 Å². The highest BCUT2D eigenvalue weighted by molar-refractivity contribution is 5.02. The van der Waals surface area contributed by atoms with E-state index in [0.717, 1.165) is 18.1 Å². The minimum atomic E-state index is -0.0139. The molecule has 0 fully saturated rings. The van der Waals surface area contributed by atoms with E-state index < -0.39 is 0 Å². The molecule has 86 valence electrons. The van der Waals surface area contributed by atoms with Crippen molar-refractivity contribution in [3.63, 3.8) is 0 Å². The van der Waals surface area contributed by atoms with Crippen molar-refractivity contribution in [2.75, 3.05) is 0 Å². The highest BCUT2D eigenvalue weighted by Crippen LogP contribution is 2.21. The van der Waals surface area contributed by atoms with Gasteiger partial charge in [-0.2, -0.15) is 5.10 Å². The Morgan fingerprint density at radius 1 is 1.33 bits per heavy atom. The van der Waals surface area contributed by atoms with Gasteiger partial charge in [-0.1, -0.05) is 34.1 Å². The van der Waals surface area contributed by atoms with Crippen molar-refractivity contribution in [3.05, 3.63) is 11.6 Å². The quantitative estimate of drug-likeness (QED) is 0.826. The van der Waals surface area contributed by atoms with Gasteiger partial charge in [-0.15, -0.1) is 0 Å². The molecule has 1 heterocycles. The number of hydrogen-bond donors (Lipinski definition) is 1. The minimum Gasteiger partial charge on any atom is -0.321 e. The van der Waals surface area contributed by atoms with Gasteiger partial charge in [0.25, 0.3) is 0 Å². The Bertz CT molecular complexity index is 316. The summed E-state index contributed by atoms with van der Waals surface area (Å²) >= 11 is 0. The normalized spacial score (nSPS) is 15.7. The Labute approximate surface area is 91.9 Å². The summed E-state index contributed by atoms with van der Waals surface area (Å²) in [5, 5.41) is 4.37. The number of nitrogens with zero attached hydrogens (tertiary/aromatic N) is 3. The van der Waals surface area contributed by atoms with Crippen LogP contribution in [0, 0.1) is 5.92 Å². The average Bonchev–Trinajstić information content (AvgIpc) is 2.58. The van der Waals surface area contributed by atoms with Gasteiger partial charge in [-0.3, -0.25) is 4.68 Å². The summed E-state index contributed by atoms with van der Waals surface area (Å²) < 4.78 is 1.81. The van der Waals surface area contributed by atoms with Crippen molar-refractivity contribution >= 4 is 0 Å². The predicted molar refractivity (Wildman–Crippen MR) is 61.5 cm³/mol. The fourth-order valence-corrected chi connectivity index (χ4v) is 1.46. The maximum atomic E-state index is 6.14. The lowest BCUT2D eigenvalue weighted by atomic mass is 9.99. The summed E-state index contributed by atoms with van der Waals surface area (Å²) in [5.41, 5.74) is 6.14. The lowest BCUT2D eigenvalue weighted by molar-refractivity contribution is 0.425. The molecule has 0 aliphatic carbocycles. The first-order valence-corrected chi connectivity index (χ1v) is 5.63. The van der Waals surface area contributed by atoms with Gasteiger partial charge in [0.05, 0.1) is 6.04 Å². The molecule has 15 heavy (non-hydrogen) atoms. The Hall–Kier alpha value is -0.900. The van der Waals surface area contributed by atoms with Crippen molar-refractivity contribution in [1.82, 2.24) is 14.8 Å². The van der Waals surface area contributed by atoms with Crippen LogP contribution in [0.3, 0.4) is 0 Å². The maximum Gasteiger partial charge on any atom is 0.153 e. The van der Waals surface area contributed by atoms with Gasteiger partial charge in [-0.05, 0) is 5.92 Å². The van der Waals surface area contributed by atoms with Crippen molar-refractivity contribution in [2.24, 2.45) is 18.7 Å². The summed E-state index contributed by atoms with van der Waals surface area (Å²) in [5.74, 6) is 2.57. The molecule has 2 N–H and O–H groups in total. The third-order valence-electron chi connectivity index (χ3n) is 2.88. The number of aromatic nitrogens is 3. The largest absolute Gasteiger partial charge is 0.321 e. The highest BCUT2D eigenvalue weighted by atomic mass is 15.3. The van der Waals surface area contributed by atoms with Gasteiger partial charge in [0, 0.05) is 13.0 Å². The van der Waals surface area contributed by atoms with Crippen LogP contribution in [-0.2, 0) is 7.05 Å². The number of nitrogens with two attached hydrogens (primary N) is 1. The first kappa shape index (κ1) is 12.2. The van der Waals surface area contributed by atoms with Crippen LogP contribution in [0.25, 0.3) is 0 Å². The van der Waals surface area contributed by atoms with Gasteiger partial charge in [0.15, 0.2) is 5.82 Å². The molecule has 0 aliphatic rings. The monoisotopic (exact) mass is 210 g/mol. The topological polar surface area (TPSA) is 56.7 Å². The zero-order valence-corrected chi connectivity index (χ0v) is 10.4. The molecule has 0 amide bonds. The predicted octanol–water partition coefficient (Wildman–Crippen LogP) is 1.98. The maximum absolute atomic E-state index is 6.14. The van der Waals surface area contributed by atoms with E-state index in [1.807, 2.05) is 11.7 Å². The van der Waals surface area contributed by atoms with Gasteiger partial charge in [0.1, 0.15) is 5.82 Å². The highest BCUT2D eigenvalue weighted by Gasteiger charge is 2.20. The molecule has 0 radical (unpaired) electrons. The molecular weight excluding hydrogens is 188 g/mol. The lowest BCUT2D eigenvalue weighted by Crippen LogP contribution is -2.22. The minimum absolute atomic E-state index is 0.0139. The summed E-state index contributed by atoms with van der Waals surface area (Å²) in [6.07, 6.45) is 1.06. The Morgan fingerprint density at radius 2 is 1.93 bits per heavy atom. The van der Waals surface area contributed by atoms with Crippen molar-refractivity contribution in [1.29, 1.82) is 0 Å². The van der Waals surface area contributed by atoms with Gasteiger partial charge < -0.3 is 5.73 Å². The van der Waals surface area contributed by atoms with Crippen LogP contribution < -0.4 is 5.73 Å². The molecule has 4 nitrogen and oxygen atoms in total. The molecule has 0 saturated carbocycles. The first-order chi connectivity index (χ1) is 6.97. The first-order valence-electron chi connectivity index (χ1n) is 5.63. The SMILES string of the molecule is CCC(C)C(N)c1nc(C(C)C)nn1C. The fraction of sp³-hybridized carbons (Fsp3) is 0.818. The van der Waals surface area contributed by atoms with E-state index in [2.05, 4.69) is 37.8 Å². The molecule has 0 bridgehead atoms. The zero-order chi connectivity index (χ0) is 11.6. The number of aryl methyl sites for hydroxylation is 1. The van der Waals surface area contributed by atoms with Crippen LogP contribution in [0.15, 0.2) is 0 Å². The molecule has 1 aromatic heterocycles. The Morgan fingerprint density at radius 3 is 2.33 bits per heavy atom. The molecule has 0 aromatic carbocycles. The molecule has 0 aliphatic heterocycles. The fourth-order valence-electron chi connectivity index (χ4n) is 1.46. The molecular formula is C11H22N4. The van der Waals surface area contributed by atoms with Crippen LogP contribution in [0.1, 0.15) is 57.7 Å². The summed E-state index contributed by atoms with van der Waals surface area (Å²) in [4.78, 5) is 4.51. The van der Waals surface area contributed by atoms with Crippen LogP contribution in [-0.4, -0.2) is 14.8 Å². The second kappa shape index (κ2) is 4.75. The molecule has 2 unspecified atom stereocenters. The van der Waals surface area contributed by atoms with Crippen molar-refractivity contribution in [2.45, 2.75) is 46.1 Å². The smallest absolute Gasteiger partial charge is 0.153 e. The molecule has 0 spiro atoms. The van der Waals surface area contributed by atoms with Crippen LogP contribution in [0.4, 0.5) is 0 Å². The van der Waals surface area contributed by atoms with Crippen LogP contribution >= 0.6 is 0 Å². The third kappa shape index (κ3) is 2.56. The lowest BCUT2D eigenvalue weighted by Gasteiger charge is -2.16. The van der Waals surface area contributed by atoms with E-state index in [1.165, 1.54) is 0 Å². The molecule has 4 heteroatoms. The zero-order valence-electron chi connectivity index (χ0n) is 10.4. The van der Waals surface area contributed by atoms with E-state index in [1.54, 1.807) is 0 Å². The average molecular weight is 210 g/mol. The summed E-state index contributed by atoms with van der Waals surface area (Å²) in [7, 11) is 1.91. The summed E-state index contributed by atoms with van der Waals surface area (Å²) in [6, 6.07) is -0.0139. The van der Waals surface area contributed by atoms with E-state index in [4.69, 9.17) is 5.73 Å². The van der Waals surface area contributed by atoms with Crippen molar-refractivity contribution < 1.29 is 0 Å². The van der Waals surface area contributed by atoms with E-state index >= 15 is 0 Å². The second-order valence-electron chi connectivity index (χ2n) is 4.52. The van der Waals surface area contributed by atoms with E-state index in [-0.39, 0.29) is 6.04 Å². The Balaban J connectivity index is 2.94. The molecule has 1 aromatic rings. The Kier molecular flexibility index (Phi) is 3.85. The molecule has 1 rings (SSSR count). The molecule has 2 atom stereocenters. The third-order valence-corrected chi connectivity index (χ3v) is 2.88. The second-order valence-corrected chi connectivity index (χ2v) is 4.52. The number of rotatable bonds is 4. The summed E-state index contributed by atoms with van der Waals surface area (Å²) in [6.45, 7) is 8.47. The van der Waals surface area contributed by atoms with E-state index in [0.29, 0.717) is 11.8 Å². The molecule has 0 saturated heterocycles. The van der Waals surface area contributed by atoms with Crippen molar-refractivity contribution in [3.8, 4) is 0 Å².